The molecule has 0 aliphatic carbocycles. The first-order valence-electron chi connectivity index (χ1n) is 5.39. The number of nitrogens with one attached hydrogen (secondary N) is 1. The summed E-state index contributed by atoms with van der Waals surface area (Å²) in [6, 6.07) is 10.2. The molecule has 0 bridgehead atoms. The maximum absolute atomic E-state index is 4.40. The number of rotatable bonds is 3. The summed E-state index contributed by atoms with van der Waals surface area (Å²) in [5, 5.41) is 7.54. The smallest absolute Gasteiger partial charge is 0.112 e. The molecule has 3 nitrogen and oxygen atoms in total. The number of fused-ring (bicyclic) bond motifs is 1. The van der Waals surface area contributed by atoms with Gasteiger partial charge in [-0.1, -0.05) is 18.2 Å². The zero-order chi connectivity index (χ0) is 11.5. The fourth-order valence-corrected chi connectivity index (χ4v) is 2.24. The van der Waals surface area contributed by atoms with E-state index in [4.69, 9.17) is 0 Å². The van der Waals surface area contributed by atoms with Gasteiger partial charge in [0, 0.05) is 17.0 Å². The summed E-state index contributed by atoms with van der Waals surface area (Å²) >= 11 is 1.65. The van der Waals surface area contributed by atoms with Crippen molar-refractivity contribution in [2.24, 2.45) is 0 Å². The highest BCUT2D eigenvalue weighted by Gasteiger charge is 1.98. The second-order valence-electron chi connectivity index (χ2n) is 3.70. The lowest BCUT2D eigenvalue weighted by atomic mass is 10.2. The van der Waals surface area contributed by atoms with Gasteiger partial charge in [-0.15, -0.1) is 11.3 Å². The Morgan fingerprint density at radius 3 is 3.00 bits per heavy atom. The molecule has 3 aromatic rings. The van der Waals surface area contributed by atoms with Gasteiger partial charge in [-0.05, 0) is 12.1 Å². The highest BCUT2D eigenvalue weighted by Crippen LogP contribution is 2.17. The van der Waals surface area contributed by atoms with Crippen LogP contribution in [0.5, 0.6) is 0 Å². The van der Waals surface area contributed by atoms with Crippen molar-refractivity contribution in [1.82, 2.24) is 9.97 Å². The van der Waals surface area contributed by atoms with Crippen molar-refractivity contribution >= 4 is 27.9 Å². The number of thiazole rings is 1. The van der Waals surface area contributed by atoms with E-state index in [1.54, 1.807) is 11.3 Å². The Morgan fingerprint density at radius 2 is 2.12 bits per heavy atom. The SMILES string of the molecule is c1ccc2ncc(NCc3nccs3)cc2c1. The van der Waals surface area contributed by atoms with E-state index >= 15 is 0 Å². The topological polar surface area (TPSA) is 37.8 Å². The molecule has 3 rings (SSSR count). The summed E-state index contributed by atoms with van der Waals surface area (Å²) in [5.41, 5.74) is 2.05. The third kappa shape index (κ3) is 2.26. The Kier molecular flexibility index (Phi) is 2.71. The Bertz CT molecular complexity index is 619. The minimum Gasteiger partial charge on any atom is -0.377 e. The molecule has 4 heteroatoms. The first-order valence-corrected chi connectivity index (χ1v) is 6.27. The van der Waals surface area contributed by atoms with E-state index in [0.29, 0.717) is 0 Å². The van der Waals surface area contributed by atoms with E-state index in [1.165, 1.54) is 0 Å². The van der Waals surface area contributed by atoms with Crippen LogP contribution in [0.1, 0.15) is 5.01 Å². The van der Waals surface area contributed by atoms with Crippen molar-refractivity contribution in [2.75, 3.05) is 5.32 Å². The van der Waals surface area contributed by atoms with Gasteiger partial charge in [-0.3, -0.25) is 4.98 Å². The predicted octanol–water partition coefficient (Wildman–Crippen LogP) is 3.30. The van der Waals surface area contributed by atoms with E-state index in [0.717, 1.165) is 28.1 Å². The van der Waals surface area contributed by atoms with Crippen LogP contribution < -0.4 is 5.32 Å². The average Bonchev–Trinajstić information content (AvgIpc) is 2.89. The summed E-state index contributed by atoms with van der Waals surface area (Å²) in [6.07, 6.45) is 3.68. The van der Waals surface area contributed by atoms with E-state index in [2.05, 4.69) is 27.4 Å². The fraction of sp³-hybridized carbons (Fsp3) is 0.0769. The molecule has 2 aromatic heterocycles. The molecule has 0 aliphatic heterocycles. The molecule has 2 heterocycles. The molecular weight excluding hydrogens is 230 g/mol. The van der Waals surface area contributed by atoms with Crippen LogP contribution in [0.4, 0.5) is 5.69 Å². The van der Waals surface area contributed by atoms with E-state index in [1.807, 2.05) is 36.0 Å². The predicted molar refractivity (Wildman–Crippen MR) is 71.2 cm³/mol. The van der Waals surface area contributed by atoms with Crippen LogP contribution in [0.25, 0.3) is 10.9 Å². The monoisotopic (exact) mass is 241 g/mol. The van der Waals surface area contributed by atoms with Crippen molar-refractivity contribution < 1.29 is 0 Å². The molecule has 0 aliphatic rings. The number of benzene rings is 1. The molecule has 0 radical (unpaired) electrons. The highest BCUT2D eigenvalue weighted by atomic mass is 32.1. The third-order valence-electron chi connectivity index (χ3n) is 2.52. The van der Waals surface area contributed by atoms with Crippen LogP contribution in [-0.4, -0.2) is 9.97 Å². The number of pyridine rings is 1. The zero-order valence-corrected chi connectivity index (χ0v) is 9.95. The van der Waals surface area contributed by atoms with Crippen molar-refractivity contribution in [3.05, 3.63) is 53.1 Å². The van der Waals surface area contributed by atoms with Gasteiger partial charge in [-0.25, -0.2) is 4.98 Å². The normalized spacial score (nSPS) is 10.6. The third-order valence-corrected chi connectivity index (χ3v) is 3.30. The lowest BCUT2D eigenvalue weighted by Gasteiger charge is -2.05. The molecule has 0 spiro atoms. The van der Waals surface area contributed by atoms with Gasteiger partial charge in [0.25, 0.3) is 0 Å². The van der Waals surface area contributed by atoms with E-state index in [9.17, 15) is 0 Å². The average molecular weight is 241 g/mol. The first-order chi connectivity index (χ1) is 8.42. The summed E-state index contributed by atoms with van der Waals surface area (Å²) < 4.78 is 0. The maximum atomic E-state index is 4.40. The molecule has 1 N–H and O–H groups in total. The minimum absolute atomic E-state index is 0.748. The van der Waals surface area contributed by atoms with Crippen molar-refractivity contribution in [1.29, 1.82) is 0 Å². The number of aromatic nitrogens is 2. The lowest BCUT2D eigenvalue weighted by molar-refractivity contribution is 1.10. The maximum Gasteiger partial charge on any atom is 0.112 e. The largest absolute Gasteiger partial charge is 0.377 e. The first kappa shape index (κ1) is 10.2. The number of anilines is 1. The van der Waals surface area contributed by atoms with E-state index < -0.39 is 0 Å². The van der Waals surface area contributed by atoms with Crippen LogP contribution in [0, 0.1) is 0 Å². The summed E-state index contributed by atoms with van der Waals surface area (Å²) in [4.78, 5) is 8.63. The Labute approximate surface area is 103 Å². The van der Waals surface area contributed by atoms with Gasteiger partial charge in [0.2, 0.25) is 0 Å². The molecular formula is C13H11N3S. The molecule has 84 valence electrons. The van der Waals surface area contributed by atoms with Crippen LogP contribution >= 0.6 is 11.3 Å². The fourth-order valence-electron chi connectivity index (χ4n) is 1.69. The van der Waals surface area contributed by atoms with Gasteiger partial charge in [-0.2, -0.15) is 0 Å². The van der Waals surface area contributed by atoms with Gasteiger partial charge in [0.15, 0.2) is 0 Å². The van der Waals surface area contributed by atoms with E-state index in [-0.39, 0.29) is 0 Å². The summed E-state index contributed by atoms with van der Waals surface area (Å²) in [5.74, 6) is 0. The van der Waals surface area contributed by atoms with Crippen LogP contribution in [0.2, 0.25) is 0 Å². The highest BCUT2D eigenvalue weighted by molar-refractivity contribution is 7.09. The number of hydrogen-bond donors (Lipinski definition) is 1. The van der Waals surface area contributed by atoms with Gasteiger partial charge in [0.1, 0.15) is 5.01 Å². The van der Waals surface area contributed by atoms with Crippen molar-refractivity contribution in [3.8, 4) is 0 Å². The minimum atomic E-state index is 0.748. The standard InChI is InChI=1S/C13H11N3S/c1-2-4-12-10(3-1)7-11(8-16-12)15-9-13-14-5-6-17-13/h1-8,15H,9H2. The molecule has 0 atom stereocenters. The summed E-state index contributed by atoms with van der Waals surface area (Å²) in [7, 11) is 0. The Balaban J connectivity index is 1.81. The molecule has 0 amide bonds. The van der Waals surface area contributed by atoms with Crippen molar-refractivity contribution in [2.45, 2.75) is 6.54 Å². The van der Waals surface area contributed by atoms with Gasteiger partial charge in [0.05, 0.1) is 23.9 Å². The van der Waals surface area contributed by atoms with Crippen molar-refractivity contribution in [3.63, 3.8) is 0 Å². The Hall–Kier alpha value is -1.94. The van der Waals surface area contributed by atoms with Gasteiger partial charge < -0.3 is 5.32 Å². The quantitative estimate of drug-likeness (QED) is 0.764. The Morgan fingerprint density at radius 1 is 1.18 bits per heavy atom. The lowest BCUT2D eigenvalue weighted by Crippen LogP contribution is -1.99. The second kappa shape index (κ2) is 4.51. The number of para-hydroxylation sites is 1. The number of nitrogens with zero attached hydrogens (tertiary/aromatic N) is 2. The number of hydrogen-bond acceptors (Lipinski definition) is 4. The second-order valence-corrected chi connectivity index (χ2v) is 4.68. The van der Waals surface area contributed by atoms with Crippen LogP contribution in [0.15, 0.2) is 48.1 Å². The molecule has 17 heavy (non-hydrogen) atoms. The summed E-state index contributed by atoms with van der Waals surface area (Å²) in [6.45, 7) is 0.748. The molecule has 0 saturated carbocycles. The zero-order valence-electron chi connectivity index (χ0n) is 9.13. The molecule has 0 saturated heterocycles. The van der Waals surface area contributed by atoms with Crippen LogP contribution in [0.3, 0.4) is 0 Å². The molecule has 1 aromatic carbocycles. The van der Waals surface area contributed by atoms with Gasteiger partial charge >= 0.3 is 0 Å². The van der Waals surface area contributed by atoms with Crippen LogP contribution in [-0.2, 0) is 6.54 Å². The molecule has 0 unspecified atom stereocenters. The molecule has 0 fully saturated rings.